The van der Waals surface area contributed by atoms with E-state index in [9.17, 15) is 0 Å². The van der Waals surface area contributed by atoms with Crippen LogP contribution in [0.5, 0.6) is 0 Å². The number of hydrogen-bond acceptors (Lipinski definition) is 5. The molecular formula is C13H15N7. The van der Waals surface area contributed by atoms with Crippen LogP contribution in [0.4, 0.5) is 5.69 Å². The Hall–Kier alpha value is -2.70. The van der Waals surface area contributed by atoms with E-state index in [2.05, 4.69) is 30.8 Å². The Morgan fingerprint density at radius 2 is 2.15 bits per heavy atom. The van der Waals surface area contributed by atoms with Crippen molar-refractivity contribution < 1.29 is 0 Å². The number of aryl methyl sites for hydroxylation is 2. The highest BCUT2D eigenvalue weighted by molar-refractivity contribution is 5.73. The van der Waals surface area contributed by atoms with Crippen LogP contribution in [0.3, 0.4) is 0 Å². The molecule has 0 aliphatic rings. The van der Waals surface area contributed by atoms with Crippen LogP contribution in [-0.4, -0.2) is 30.2 Å². The predicted octanol–water partition coefficient (Wildman–Crippen LogP) is 1.52. The van der Waals surface area contributed by atoms with Crippen LogP contribution < -0.4 is 5.32 Å². The number of H-pyrrole nitrogens is 1. The Morgan fingerprint density at radius 3 is 2.85 bits per heavy atom. The average Bonchev–Trinajstić information content (AvgIpc) is 3.06. The summed E-state index contributed by atoms with van der Waals surface area (Å²) in [5.74, 6) is 1.48. The molecule has 0 atom stereocenters. The summed E-state index contributed by atoms with van der Waals surface area (Å²) in [5.41, 5.74) is 2.81. The van der Waals surface area contributed by atoms with Gasteiger partial charge in [-0.25, -0.2) is 4.98 Å². The van der Waals surface area contributed by atoms with E-state index >= 15 is 0 Å². The number of hydrogen-bond donors (Lipinski definition) is 2. The fraction of sp³-hybridized carbons (Fsp3) is 0.231. The zero-order valence-corrected chi connectivity index (χ0v) is 11.3. The topological polar surface area (TPSA) is 84.3 Å². The summed E-state index contributed by atoms with van der Waals surface area (Å²) < 4.78 is 1.68. The van der Waals surface area contributed by atoms with Crippen LogP contribution in [0.15, 0.2) is 30.5 Å². The molecule has 1 aromatic carbocycles. The minimum atomic E-state index is 0.605. The summed E-state index contributed by atoms with van der Waals surface area (Å²) in [6.07, 6.45) is 1.88. The van der Waals surface area contributed by atoms with Gasteiger partial charge in [-0.2, -0.15) is 5.10 Å². The van der Waals surface area contributed by atoms with Gasteiger partial charge in [0.2, 0.25) is 0 Å². The Morgan fingerprint density at radius 1 is 1.30 bits per heavy atom. The molecule has 20 heavy (non-hydrogen) atoms. The third-order valence-corrected chi connectivity index (χ3v) is 2.88. The number of rotatable bonds is 4. The maximum Gasteiger partial charge on any atom is 0.183 e. The Kier molecular flexibility index (Phi) is 3.16. The van der Waals surface area contributed by atoms with Gasteiger partial charge in [0.1, 0.15) is 11.5 Å². The van der Waals surface area contributed by atoms with E-state index in [1.807, 2.05) is 44.4 Å². The molecule has 0 aliphatic carbocycles. The Labute approximate surface area is 116 Å². The lowest BCUT2D eigenvalue weighted by Crippen LogP contribution is -2.01. The molecule has 3 aromatic rings. The molecule has 2 N–H and O–H groups in total. The monoisotopic (exact) mass is 269 g/mol. The molecule has 102 valence electrons. The zero-order chi connectivity index (χ0) is 13.9. The number of aromatic amines is 1. The number of nitrogens with one attached hydrogen (secondary N) is 2. The van der Waals surface area contributed by atoms with Crippen molar-refractivity contribution in [3.63, 3.8) is 0 Å². The molecule has 0 saturated carbocycles. The maximum absolute atomic E-state index is 4.36. The molecule has 0 radical (unpaired) electrons. The van der Waals surface area contributed by atoms with E-state index in [1.54, 1.807) is 4.68 Å². The molecule has 7 heteroatoms. The van der Waals surface area contributed by atoms with Crippen molar-refractivity contribution in [3.05, 3.63) is 42.0 Å². The Bertz CT molecular complexity index is 713. The SMILES string of the molecule is Cc1nc(-c2ccccc2NCc2cn(C)nn2)n[nH]1. The molecule has 7 nitrogen and oxygen atoms in total. The summed E-state index contributed by atoms with van der Waals surface area (Å²) in [6, 6.07) is 7.93. The molecule has 0 fully saturated rings. The van der Waals surface area contributed by atoms with Crippen molar-refractivity contribution in [2.45, 2.75) is 13.5 Å². The van der Waals surface area contributed by atoms with Gasteiger partial charge < -0.3 is 5.32 Å². The fourth-order valence-corrected chi connectivity index (χ4v) is 1.96. The van der Waals surface area contributed by atoms with Gasteiger partial charge in [0, 0.05) is 24.5 Å². The zero-order valence-electron chi connectivity index (χ0n) is 11.3. The van der Waals surface area contributed by atoms with E-state index in [0.717, 1.165) is 22.8 Å². The lowest BCUT2D eigenvalue weighted by Gasteiger charge is -2.08. The second kappa shape index (κ2) is 5.12. The Balaban J connectivity index is 1.83. The van der Waals surface area contributed by atoms with E-state index in [-0.39, 0.29) is 0 Å². The first-order chi connectivity index (χ1) is 9.72. The second-order valence-corrected chi connectivity index (χ2v) is 4.53. The molecule has 0 spiro atoms. The van der Waals surface area contributed by atoms with Crippen LogP contribution in [0.2, 0.25) is 0 Å². The van der Waals surface area contributed by atoms with Gasteiger partial charge in [0.05, 0.1) is 6.54 Å². The minimum Gasteiger partial charge on any atom is -0.379 e. The first-order valence-corrected chi connectivity index (χ1v) is 6.30. The highest BCUT2D eigenvalue weighted by atomic mass is 15.4. The summed E-state index contributed by atoms with van der Waals surface area (Å²) in [4.78, 5) is 4.36. The summed E-state index contributed by atoms with van der Waals surface area (Å²) in [6.45, 7) is 2.49. The molecule has 2 aromatic heterocycles. The van der Waals surface area contributed by atoms with Gasteiger partial charge in [0.25, 0.3) is 0 Å². The van der Waals surface area contributed by atoms with Crippen LogP contribution in [0.1, 0.15) is 11.5 Å². The van der Waals surface area contributed by atoms with Gasteiger partial charge in [-0.1, -0.05) is 17.3 Å². The number of aromatic nitrogens is 6. The van der Waals surface area contributed by atoms with Crippen molar-refractivity contribution in [3.8, 4) is 11.4 Å². The van der Waals surface area contributed by atoms with Crippen molar-refractivity contribution in [2.75, 3.05) is 5.32 Å². The van der Waals surface area contributed by atoms with Gasteiger partial charge in [-0.05, 0) is 19.1 Å². The van der Waals surface area contributed by atoms with Crippen molar-refractivity contribution in [1.82, 2.24) is 30.2 Å². The molecule has 0 bridgehead atoms. The molecule has 0 amide bonds. The van der Waals surface area contributed by atoms with Gasteiger partial charge in [-0.3, -0.25) is 9.78 Å². The van der Waals surface area contributed by atoms with Crippen LogP contribution >= 0.6 is 0 Å². The number of anilines is 1. The van der Waals surface area contributed by atoms with E-state index < -0.39 is 0 Å². The van der Waals surface area contributed by atoms with Crippen molar-refractivity contribution >= 4 is 5.69 Å². The van der Waals surface area contributed by atoms with Crippen LogP contribution in [-0.2, 0) is 13.6 Å². The summed E-state index contributed by atoms with van der Waals surface area (Å²) >= 11 is 0. The average molecular weight is 269 g/mol. The number of benzene rings is 1. The normalized spacial score (nSPS) is 10.7. The summed E-state index contributed by atoms with van der Waals surface area (Å²) in [5, 5.41) is 18.4. The van der Waals surface area contributed by atoms with Crippen molar-refractivity contribution in [1.29, 1.82) is 0 Å². The quantitative estimate of drug-likeness (QED) is 0.750. The lowest BCUT2D eigenvalue weighted by atomic mass is 10.1. The van der Waals surface area contributed by atoms with Gasteiger partial charge in [-0.15, -0.1) is 5.10 Å². The van der Waals surface area contributed by atoms with Gasteiger partial charge >= 0.3 is 0 Å². The van der Waals surface area contributed by atoms with E-state index in [1.165, 1.54) is 0 Å². The van der Waals surface area contributed by atoms with E-state index in [4.69, 9.17) is 0 Å². The minimum absolute atomic E-state index is 0.605. The third kappa shape index (κ3) is 2.51. The highest BCUT2D eigenvalue weighted by Gasteiger charge is 2.09. The molecule has 0 unspecified atom stereocenters. The third-order valence-electron chi connectivity index (χ3n) is 2.88. The first-order valence-electron chi connectivity index (χ1n) is 6.30. The van der Waals surface area contributed by atoms with Crippen LogP contribution in [0, 0.1) is 6.92 Å². The highest BCUT2D eigenvalue weighted by Crippen LogP contribution is 2.24. The molecule has 0 saturated heterocycles. The predicted molar refractivity (Wildman–Crippen MR) is 74.9 cm³/mol. The fourth-order valence-electron chi connectivity index (χ4n) is 1.96. The molecule has 2 heterocycles. The molecule has 0 aliphatic heterocycles. The smallest absolute Gasteiger partial charge is 0.183 e. The summed E-state index contributed by atoms with van der Waals surface area (Å²) in [7, 11) is 1.85. The number of nitrogens with zero attached hydrogens (tertiary/aromatic N) is 5. The van der Waals surface area contributed by atoms with Crippen molar-refractivity contribution in [2.24, 2.45) is 7.05 Å². The largest absolute Gasteiger partial charge is 0.379 e. The molecule has 3 rings (SSSR count). The molecular weight excluding hydrogens is 254 g/mol. The number of para-hydroxylation sites is 1. The second-order valence-electron chi connectivity index (χ2n) is 4.53. The maximum atomic E-state index is 4.36. The van der Waals surface area contributed by atoms with E-state index in [0.29, 0.717) is 12.4 Å². The van der Waals surface area contributed by atoms with Gasteiger partial charge in [0.15, 0.2) is 5.82 Å². The standard InChI is InChI=1S/C13H15N7/c1-9-15-13(18-16-9)11-5-3-4-6-12(11)14-7-10-8-20(2)19-17-10/h3-6,8,14H,7H2,1-2H3,(H,15,16,18). The lowest BCUT2D eigenvalue weighted by molar-refractivity contribution is 0.713. The first kappa shape index (κ1) is 12.3. The van der Waals surface area contributed by atoms with Crippen LogP contribution in [0.25, 0.3) is 11.4 Å².